The summed E-state index contributed by atoms with van der Waals surface area (Å²) in [6.45, 7) is 4.14. The van der Waals surface area contributed by atoms with Crippen molar-refractivity contribution in [2.24, 2.45) is 0 Å². The fraction of sp³-hybridized carbons (Fsp3) is 0.611. The summed E-state index contributed by atoms with van der Waals surface area (Å²) in [5.41, 5.74) is 2.16. The van der Waals surface area contributed by atoms with Crippen LogP contribution in [0.4, 0.5) is 13.2 Å². The van der Waals surface area contributed by atoms with Crippen molar-refractivity contribution < 1.29 is 22.7 Å². The molecule has 1 aromatic carbocycles. The molecular weight excluding hydrogens is 333 g/mol. The molecule has 1 heterocycles. The van der Waals surface area contributed by atoms with Gasteiger partial charge in [-0.05, 0) is 17.0 Å². The molecule has 1 saturated heterocycles. The number of hydrogen-bond donors (Lipinski definition) is 1. The van der Waals surface area contributed by atoms with Crippen LogP contribution in [0.5, 0.6) is 0 Å². The van der Waals surface area contributed by atoms with Gasteiger partial charge in [-0.25, -0.2) is 0 Å². The van der Waals surface area contributed by atoms with Crippen molar-refractivity contribution >= 4 is 5.91 Å². The zero-order valence-electron chi connectivity index (χ0n) is 14.6. The Bertz CT molecular complexity index is 576. The molecule has 2 rings (SSSR count). The summed E-state index contributed by atoms with van der Waals surface area (Å²) >= 11 is 0. The Morgan fingerprint density at radius 1 is 1.40 bits per heavy atom. The second-order valence-corrected chi connectivity index (χ2v) is 6.69. The number of nitrogens with zero attached hydrogens (tertiary/aromatic N) is 1. The van der Waals surface area contributed by atoms with Gasteiger partial charge in [0.1, 0.15) is 0 Å². The smallest absolute Gasteiger partial charge is 0.378 e. The quantitative estimate of drug-likeness (QED) is 0.850. The fourth-order valence-corrected chi connectivity index (χ4v) is 2.86. The van der Waals surface area contributed by atoms with E-state index in [0.717, 1.165) is 5.56 Å². The van der Waals surface area contributed by atoms with Gasteiger partial charge in [-0.15, -0.1) is 0 Å². The normalized spacial score (nSPS) is 19.2. The second-order valence-electron chi connectivity index (χ2n) is 6.69. The van der Waals surface area contributed by atoms with E-state index in [4.69, 9.17) is 4.74 Å². The Labute approximate surface area is 146 Å². The summed E-state index contributed by atoms with van der Waals surface area (Å²) in [5.74, 6) is 0.128. The van der Waals surface area contributed by atoms with E-state index in [2.05, 4.69) is 19.2 Å². The third-order valence-electron chi connectivity index (χ3n) is 4.26. The van der Waals surface area contributed by atoms with Crippen LogP contribution < -0.4 is 5.32 Å². The number of carbonyl (C=O) groups is 1. The molecule has 0 saturated carbocycles. The molecule has 0 aromatic heterocycles. The first kappa shape index (κ1) is 19.7. The topological polar surface area (TPSA) is 41.6 Å². The average molecular weight is 358 g/mol. The van der Waals surface area contributed by atoms with Crippen LogP contribution in [0.1, 0.15) is 37.3 Å². The predicted octanol–water partition coefficient (Wildman–Crippen LogP) is 3.08. The summed E-state index contributed by atoms with van der Waals surface area (Å²) < 4.78 is 43.2. The highest BCUT2D eigenvalue weighted by molar-refractivity contribution is 5.76. The van der Waals surface area contributed by atoms with Gasteiger partial charge >= 0.3 is 6.18 Å². The van der Waals surface area contributed by atoms with Crippen molar-refractivity contribution in [1.82, 2.24) is 10.2 Å². The Kier molecular flexibility index (Phi) is 6.84. The van der Waals surface area contributed by atoms with Crippen LogP contribution in [0, 0.1) is 0 Å². The van der Waals surface area contributed by atoms with E-state index in [1.165, 1.54) is 10.5 Å². The number of benzene rings is 1. The molecule has 0 aliphatic carbocycles. The van der Waals surface area contributed by atoms with Crippen LogP contribution in [0.15, 0.2) is 24.3 Å². The lowest BCUT2D eigenvalue weighted by Gasteiger charge is -2.35. The van der Waals surface area contributed by atoms with Gasteiger partial charge in [0.2, 0.25) is 5.91 Å². The Balaban J connectivity index is 1.87. The number of nitrogens with one attached hydrogen (secondary N) is 1. The predicted molar refractivity (Wildman–Crippen MR) is 89.2 cm³/mol. The highest BCUT2D eigenvalue weighted by atomic mass is 19.4. The molecule has 1 fully saturated rings. The molecule has 25 heavy (non-hydrogen) atoms. The van der Waals surface area contributed by atoms with Gasteiger partial charge in [0.25, 0.3) is 0 Å². The summed E-state index contributed by atoms with van der Waals surface area (Å²) in [6.07, 6.45) is -4.27. The molecular formula is C18H25F3N2O2. The van der Waals surface area contributed by atoms with E-state index in [1.54, 1.807) is 0 Å². The van der Waals surface area contributed by atoms with E-state index < -0.39 is 18.8 Å². The van der Waals surface area contributed by atoms with Crippen molar-refractivity contribution in [1.29, 1.82) is 0 Å². The monoisotopic (exact) mass is 358 g/mol. The van der Waals surface area contributed by atoms with Crippen LogP contribution in [0.25, 0.3) is 0 Å². The number of carbonyl (C=O) groups excluding carboxylic acids is 1. The Hall–Kier alpha value is -1.60. The molecule has 1 N–H and O–H groups in total. The number of morpholine rings is 1. The average Bonchev–Trinajstić information content (AvgIpc) is 2.54. The van der Waals surface area contributed by atoms with Crippen molar-refractivity contribution in [3.05, 3.63) is 35.4 Å². The molecule has 0 radical (unpaired) electrons. The minimum Gasteiger partial charge on any atom is -0.378 e. The van der Waals surface area contributed by atoms with Crippen LogP contribution in [-0.4, -0.2) is 49.3 Å². The van der Waals surface area contributed by atoms with Crippen molar-refractivity contribution in [3.63, 3.8) is 0 Å². The Morgan fingerprint density at radius 2 is 2.16 bits per heavy atom. The number of alkyl halides is 3. The van der Waals surface area contributed by atoms with E-state index in [9.17, 15) is 18.0 Å². The number of rotatable bonds is 6. The molecule has 0 bridgehead atoms. The van der Waals surface area contributed by atoms with E-state index in [0.29, 0.717) is 12.5 Å². The summed E-state index contributed by atoms with van der Waals surface area (Å²) in [7, 11) is 0. The lowest BCUT2D eigenvalue weighted by atomic mass is 10.0. The minimum absolute atomic E-state index is 0.0000483. The molecule has 4 nitrogen and oxygen atoms in total. The maximum absolute atomic E-state index is 12.6. The molecule has 1 aliphatic heterocycles. The number of halogens is 3. The van der Waals surface area contributed by atoms with Gasteiger partial charge in [0.05, 0.1) is 19.8 Å². The highest BCUT2D eigenvalue weighted by Gasteiger charge is 2.35. The highest BCUT2D eigenvalue weighted by Crippen LogP contribution is 2.21. The first-order chi connectivity index (χ1) is 11.7. The first-order valence-electron chi connectivity index (χ1n) is 8.48. The summed E-state index contributed by atoms with van der Waals surface area (Å²) in [4.78, 5) is 13.4. The fourth-order valence-electron chi connectivity index (χ4n) is 2.86. The molecule has 1 aliphatic rings. The minimum atomic E-state index is -4.27. The largest absolute Gasteiger partial charge is 0.401 e. The maximum Gasteiger partial charge on any atom is 0.401 e. The number of hydrogen-bond acceptors (Lipinski definition) is 3. The second kappa shape index (κ2) is 8.67. The van der Waals surface area contributed by atoms with Crippen molar-refractivity contribution in [3.8, 4) is 0 Å². The van der Waals surface area contributed by atoms with Gasteiger partial charge in [0.15, 0.2) is 0 Å². The lowest BCUT2D eigenvalue weighted by molar-refractivity contribution is -0.164. The van der Waals surface area contributed by atoms with E-state index >= 15 is 0 Å². The van der Waals surface area contributed by atoms with Crippen LogP contribution in [-0.2, 0) is 16.1 Å². The lowest BCUT2D eigenvalue weighted by Crippen LogP contribution is -2.50. The number of ether oxygens (including phenoxy) is 1. The van der Waals surface area contributed by atoms with Gasteiger partial charge in [-0.3, -0.25) is 9.69 Å². The molecule has 1 amide bonds. The van der Waals surface area contributed by atoms with Gasteiger partial charge in [0, 0.05) is 25.6 Å². The van der Waals surface area contributed by atoms with Gasteiger partial charge in [-0.2, -0.15) is 13.2 Å². The third-order valence-corrected chi connectivity index (χ3v) is 4.26. The number of amides is 1. The summed E-state index contributed by atoms with van der Waals surface area (Å²) in [5, 5.41) is 2.79. The summed E-state index contributed by atoms with van der Waals surface area (Å²) in [6, 6.07) is 7.38. The molecule has 140 valence electrons. The van der Waals surface area contributed by atoms with Crippen LogP contribution in [0.2, 0.25) is 0 Å². The Morgan fingerprint density at radius 3 is 2.84 bits per heavy atom. The molecule has 7 heteroatoms. The van der Waals surface area contributed by atoms with Crippen LogP contribution in [0.3, 0.4) is 0 Å². The van der Waals surface area contributed by atoms with Gasteiger partial charge in [-0.1, -0.05) is 38.1 Å². The SMILES string of the molecule is CC(C)c1cccc(CNC(=O)CC2COCCN2CC(F)(F)F)c1. The van der Waals surface area contributed by atoms with E-state index in [1.807, 2.05) is 24.3 Å². The zero-order valence-corrected chi connectivity index (χ0v) is 14.6. The third kappa shape index (κ3) is 6.66. The van der Waals surface area contributed by atoms with Gasteiger partial charge < -0.3 is 10.1 Å². The first-order valence-corrected chi connectivity index (χ1v) is 8.48. The molecule has 1 unspecified atom stereocenters. The van der Waals surface area contributed by atoms with Crippen LogP contribution >= 0.6 is 0 Å². The standard InChI is InChI=1S/C18H25F3N2O2/c1-13(2)15-5-3-4-14(8-15)10-22-17(24)9-16-11-25-7-6-23(16)12-18(19,20)21/h3-5,8,13,16H,6-7,9-12H2,1-2H3,(H,22,24). The zero-order chi connectivity index (χ0) is 18.4. The molecule has 1 aromatic rings. The van der Waals surface area contributed by atoms with E-state index in [-0.39, 0.29) is 32.1 Å². The van der Waals surface area contributed by atoms with Crippen molar-refractivity contribution in [2.75, 3.05) is 26.3 Å². The molecule has 0 spiro atoms. The molecule has 1 atom stereocenters. The van der Waals surface area contributed by atoms with Crippen molar-refractivity contribution in [2.45, 2.75) is 44.9 Å². The maximum atomic E-state index is 12.6.